The predicted molar refractivity (Wildman–Crippen MR) is 99.2 cm³/mol. The van der Waals surface area contributed by atoms with E-state index in [1.54, 1.807) is 12.3 Å². The molecule has 4 rings (SSSR count). The Labute approximate surface area is 158 Å². The van der Waals surface area contributed by atoms with Gasteiger partial charge in [0.1, 0.15) is 28.8 Å². The van der Waals surface area contributed by atoms with Gasteiger partial charge in [0, 0.05) is 30.7 Å². The molecule has 140 valence electrons. The van der Waals surface area contributed by atoms with Crippen molar-refractivity contribution < 1.29 is 18.7 Å². The first-order valence-electron chi connectivity index (χ1n) is 8.31. The molecular formula is C20H14F2N4O2. The summed E-state index contributed by atoms with van der Waals surface area (Å²) in [5.74, 6) is -1.48. The number of hydrogen-bond donors (Lipinski definition) is 1. The highest BCUT2D eigenvalue weighted by molar-refractivity contribution is 6.09. The van der Waals surface area contributed by atoms with E-state index in [0.717, 1.165) is 12.1 Å². The van der Waals surface area contributed by atoms with Gasteiger partial charge in [0.2, 0.25) is 5.78 Å². The number of hydrogen-bond acceptors (Lipinski definition) is 4. The lowest BCUT2D eigenvalue weighted by atomic mass is 10.1. The molecule has 0 saturated heterocycles. The van der Waals surface area contributed by atoms with E-state index < -0.39 is 17.5 Å². The Kier molecular flexibility index (Phi) is 4.23. The van der Waals surface area contributed by atoms with Crippen molar-refractivity contribution in [2.45, 2.75) is 0 Å². The van der Waals surface area contributed by atoms with Gasteiger partial charge in [0.15, 0.2) is 0 Å². The number of carbonyl (C=O) groups excluding carboxylic acids is 1. The van der Waals surface area contributed by atoms with Crippen molar-refractivity contribution in [3.63, 3.8) is 0 Å². The van der Waals surface area contributed by atoms with Crippen molar-refractivity contribution >= 4 is 17.4 Å². The molecular weight excluding hydrogens is 366 g/mol. The van der Waals surface area contributed by atoms with Gasteiger partial charge < -0.3 is 10.0 Å². The molecule has 1 amide bonds. The van der Waals surface area contributed by atoms with E-state index >= 15 is 0 Å². The smallest absolute Gasteiger partial charge is 0.277 e. The lowest BCUT2D eigenvalue weighted by Crippen LogP contribution is -2.28. The van der Waals surface area contributed by atoms with Crippen LogP contribution in [-0.4, -0.2) is 32.4 Å². The number of rotatable bonds is 3. The van der Waals surface area contributed by atoms with Crippen LogP contribution in [0.3, 0.4) is 0 Å². The van der Waals surface area contributed by atoms with Gasteiger partial charge in [-0.05, 0) is 48.5 Å². The number of amides is 1. The van der Waals surface area contributed by atoms with Gasteiger partial charge in [-0.25, -0.2) is 18.7 Å². The van der Waals surface area contributed by atoms with Crippen molar-refractivity contribution in [1.29, 1.82) is 0 Å². The third kappa shape index (κ3) is 2.94. The van der Waals surface area contributed by atoms with Crippen molar-refractivity contribution in [2.24, 2.45) is 0 Å². The average Bonchev–Trinajstić information content (AvgIpc) is 3.08. The standard InChI is InChI=1S/C20H14F2N4O2/c1-25(14-6-3-12(21)4-7-14)19(28)18-17(15-11-13(22)5-8-16(15)27)24-20-23-9-2-10-26(18)20/h2-11,27H,1H3. The molecule has 0 radical (unpaired) electrons. The minimum atomic E-state index is -0.580. The van der Waals surface area contributed by atoms with Crippen molar-refractivity contribution in [3.05, 3.63) is 78.3 Å². The molecule has 0 aliphatic rings. The van der Waals surface area contributed by atoms with Gasteiger partial charge in [-0.2, -0.15) is 0 Å². The number of phenols is 1. The first-order valence-corrected chi connectivity index (χ1v) is 8.31. The van der Waals surface area contributed by atoms with Crippen LogP contribution in [0, 0.1) is 11.6 Å². The van der Waals surface area contributed by atoms with Gasteiger partial charge >= 0.3 is 0 Å². The molecule has 0 aliphatic carbocycles. The number of benzene rings is 2. The minimum Gasteiger partial charge on any atom is -0.507 e. The summed E-state index contributed by atoms with van der Waals surface area (Å²) in [6.45, 7) is 0. The van der Waals surface area contributed by atoms with Gasteiger partial charge in [0.25, 0.3) is 5.91 Å². The monoisotopic (exact) mass is 380 g/mol. The molecule has 0 saturated carbocycles. The summed E-state index contributed by atoms with van der Waals surface area (Å²) >= 11 is 0. The highest BCUT2D eigenvalue weighted by Gasteiger charge is 2.26. The van der Waals surface area contributed by atoms with Crippen LogP contribution in [0.2, 0.25) is 0 Å². The maximum atomic E-state index is 13.8. The molecule has 0 bridgehead atoms. The second-order valence-corrected chi connectivity index (χ2v) is 6.10. The quantitative estimate of drug-likeness (QED) is 0.589. The van der Waals surface area contributed by atoms with Crippen LogP contribution >= 0.6 is 0 Å². The fraction of sp³-hybridized carbons (Fsp3) is 0.0500. The van der Waals surface area contributed by atoms with Crippen molar-refractivity contribution in [3.8, 4) is 17.0 Å². The van der Waals surface area contributed by atoms with Gasteiger partial charge in [-0.1, -0.05) is 0 Å². The lowest BCUT2D eigenvalue weighted by Gasteiger charge is -2.18. The van der Waals surface area contributed by atoms with Gasteiger partial charge in [-0.3, -0.25) is 9.20 Å². The minimum absolute atomic E-state index is 0.0707. The summed E-state index contributed by atoms with van der Waals surface area (Å²) in [6.07, 6.45) is 3.11. The highest BCUT2D eigenvalue weighted by atomic mass is 19.1. The Morgan fingerprint density at radius 2 is 1.82 bits per heavy atom. The number of carbonyl (C=O) groups is 1. The molecule has 2 aromatic carbocycles. The van der Waals surface area contributed by atoms with E-state index in [0.29, 0.717) is 5.69 Å². The van der Waals surface area contributed by atoms with E-state index in [9.17, 15) is 18.7 Å². The summed E-state index contributed by atoms with van der Waals surface area (Å²) in [7, 11) is 1.53. The van der Waals surface area contributed by atoms with E-state index in [1.165, 1.54) is 52.9 Å². The highest BCUT2D eigenvalue weighted by Crippen LogP contribution is 2.33. The first-order chi connectivity index (χ1) is 13.5. The normalized spacial score (nSPS) is 11.0. The maximum Gasteiger partial charge on any atom is 0.277 e. The number of aromatic hydroxyl groups is 1. The largest absolute Gasteiger partial charge is 0.507 e. The topological polar surface area (TPSA) is 70.7 Å². The second kappa shape index (κ2) is 6.73. The van der Waals surface area contributed by atoms with Gasteiger partial charge in [-0.15, -0.1) is 0 Å². The number of fused-ring (bicyclic) bond motifs is 1. The Morgan fingerprint density at radius 1 is 1.11 bits per heavy atom. The molecule has 2 heterocycles. The van der Waals surface area contributed by atoms with Crippen LogP contribution < -0.4 is 4.90 Å². The molecule has 8 heteroatoms. The zero-order valence-corrected chi connectivity index (χ0v) is 14.7. The Balaban J connectivity index is 1.91. The number of phenolic OH excluding ortho intramolecular Hbond substituents is 1. The molecule has 0 fully saturated rings. The average molecular weight is 380 g/mol. The molecule has 0 atom stereocenters. The molecule has 0 unspecified atom stereocenters. The van der Waals surface area contributed by atoms with Crippen molar-refractivity contribution in [2.75, 3.05) is 11.9 Å². The van der Waals surface area contributed by atoms with Crippen LogP contribution in [-0.2, 0) is 0 Å². The summed E-state index contributed by atoms with van der Waals surface area (Å²) in [5, 5.41) is 10.2. The van der Waals surface area contributed by atoms with Gasteiger partial charge in [0.05, 0.1) is 0 Å². The van der Waals surface area contributed by atoms with Crippen LogP contribution in [0.1, 0.15) is 10.5 Å². The molecule has 28 heavy (non-hydrogen) atoms. The zero-order chi connectivity index (χ0) is 19.8. The molecule has 1 N–H and O–H groups in total. The number of aromatic nitrogens is 3. The lowest BCUT2D eigenvalue weighted by molar-refractivity contribution is 0.0988. The number of anilines is 1. The third-order valence-corrected chi connectivity index (χ3v) is 4.34. The molecule has 2 aromatic heterocycles. The van der Waals surface area contributed by atoms with E-state index in [2.05, 4.69) is 9.97 Å². The summed E-state index contributed by atoms with van der Waals surface area (Å²) < 4.78 is 28.5. The van der Waals surface area contributed by atoms with Crippen LogP contribution in [0.5, 0.6) is 5.75 Å². The molecule has 0 spiro atoms. The number of halogens is 2. The Hall–Kier alpha value is -3.81. The number of imidazole rings is 1. The zero-order valence-electron chi connectivity index (χ0n) is 14.7. The first kappa shape index (κ1) is 17.6. The van der Waals surface area contributed by atoms with Crippen LogP contribution in [0.15, 0.2) is 60.9 Å². The molecule has 6 nitrogen and oxygen atoms in total. The second-order valence-electron chi connectivity index (χ2n) is 6.10. The molecule has 0 aliphatic heterocycles. The Bertz CT molecular complexity index is 1190. The predicted octanol–water partition coefficient (Wildman–Crippen LogP) is 3.66. The third-order valence-electron chi connectivity index (χ3n) is 4.34. The van der Waals surface area contributed by atoms with Crippen molar-refractivity contribution in [1.82, 2.24) is 14.4 Å². The maximum absolute atomic E-state index is 13.8. The van der Waals surface area contributed by atoms with E-state index in [-0.39, 0.29) is 28.5 Å². The number of nitrogens with zero attached hydrogens (tertiary/aromatic N) is 4. The summed E-state index contributed by atoms with van der Waals surface area (Å²) in [6, 6.07) is 10.5. The SMILES string of the molecule is CN(C(=O)c1c(-c2cc(F)ccc2O)nc2ncccn12)c1ccc(F)cc1. The van der Waals surface area contributed by atoms with E-state index in [4.69, 9.17) is 0 Å². The van der Waals surface area contributed by atoms with Crippen LogP contribution in [0.4, 0.5) is 14.5 Å². The molecule has 4 aromatic rings. The summed E-state index contributed by atoms with van der Waals surface area (Å²) in [4.78, 5) is 23.0. The fourth-order valence-corrected chi connectivity index (χ4v) is 2.92. The Morgan fingerprint density at radius 3 is 2.57 bits per heavy atom. The fourth-order valence-electron chi connectivity index (χ4n) is 2.92. The van der Waals surface area contributed by atoms with Crippen LogP contribution in [0.25, 0.3) is 17.0 Å². The van der Waals surface area contributed by atoms with E-state index in [1.807, 2.05) is 0 Å². The summed E-state index contributed by atoms with van der Waals surface area (Å²) in [5.41, 5.74) is 0.714.